The second-order valence-corrected chi connectivity index (χ2v) is 6.04. The van der Waals surface area contributed by atoms with E-state index in [0.717, 1.165) is 5.56 Å². The average molecular weight is 276 g/mol. The first-order valence-corrected chi connectivity index (χ1v) is 8.08. The summed E-state index contributed by atoms with van der Waals surface area (Å²) in [6.45, 7) is 4.51. The van der Waals surface area contributed by atoms with Gasteiger partial charge in [-0.25, -0.2) is 4.98 Å². The van der Waals surface area contributed by atoms with Crippen LogP contribution in [0.3, 0.4) is 0 Å². The molecule has 0 aliphatic heterocycles. The van der Waals surface area contributed by atoms with Crippen molar-refractivity contribution in [2.24, 2.45) is 0 Å². The first-order chi connectivity index (χ1) is 9.15. The maximum absolute atomic E-state index is 5.76. The molecule has 2 rings (SSSR count). The van der Waals surface area contributed by atoms with Crippen LogP contribution in [-0.2, 0) is 6.61 Å². The minimum absolute atomic E-state index is 0.392. The van der Waals surface area contributed by atoms with Crippen LogP contribution in [0.25, 0.3) is 0 Å². The molecule has 1 heterocycles. The Morgan fingerprint density at radius 2 is 1.95 bits per heavy atom. The van der Waals surface area contributed by atoms with Crippen molar-refractivity contribution in [1.29, 1.82) is 0 Å². The van der Waals surface area contributed by atoms with E-state index in [1.54, 1.807) is 12.3 Å². The van der Waals surface area contributed by atoms with Gasteiger partial charge >= 0.3 is 0 Å². The summed E-state index contributed by atoms with van der Waals surface area (Å²) in [4.78, 5) is 4.08. The average Bonchev–Trinajstić information content (AvgIpc) is 2.40. The van der Waals surface area contributed by atoms with Crippen LogP contribution in [0.1, 0.15) is 5.56 Å². The van der Waals surface area contributed by atoms with Gasteiger partial charge in [0, 0.05) is 6.07 Å². The van der Waals surface area contributed by atoms with E-state index in [1.165, 1.54) is 0 Å². The van der Waals surface area contributed by atoms with E-state index in [-0.39, 0.29) is 0 Å². The molecule has 0 radical (unpaired) electrons. The normalized spacial score (nSPS) is 10.5. The predicted octanol–water partition coefficient (Wildman–Crippen LogP) is 3.28. The number of hydrogen-bond acceptors (Lipinski definition) is 4. The van der Waals surface area contributed by atoms with Gasteiger partial charge in [-0.05, 0) is 18.9 Å². The highest BCUT2D eigenvalue weighted by Crippen LogP contribution is 2.35. The summed E-state index contributed by atoms with van der Waals surface area (Å²) in [7, 11) is -0.534. The van der Waals surface area contributed by atoms with Gasteiger partial charge in [-0.15, -0.1) is 0 Å². The molecule has 4 nitrogen and oxygen atoms in total. The van der Waals surface area contributed by atoms with E-state index >= 15 is 0 Å². The fourth-order valence-corrected chi connectivity index (χ4v) is 2.07. The van der Waals surface area contributed by atoms with E-state index in [9.17, 15) is 0 Å². The monoisotopic (exact) mass is 276 g/mol. The third-order valence-electron chi connectivity index (χ3n) is 2.39. The van der Waals surface area contributed by atoms with Gasteiger partial charge in [-0.2, -0.15) is 0 Å². The van der Waals surface area contributed by atoms with Crippen LogP contribution in [0.4, 0.5) is 5.82 Å². The van der Waals surface area contributed by atoms with Crippen LogP contribution < -0.4 is 15.0 Å². The number of aromatic nitrogens is 1. The fourth-order valence-electron chi connectivity index (χ4n) is 1.53. The van der Waals surface area contributed by atoms with E-state index < -0.39 is 8.15 Å². The Hall–Kier alpha value is -1.80. The smallest absolute Gasteiger partial charge is 0.168 e. The van der Waals surface area contributed by atoms with Gasteiger partial charge in [0.15, 0.2) is 11.6 Å². The van der Waals surface area contributed by atoms with Gasteiger partial charge < -0.3 is 15.0 Å². The van der Waals surface area contributed by atoms with Crippen LogP contribution in [0.15, 0.2) is 42.6 Å². The number of ether oxygens (including phenoxy) is 1. The molecule has 0 bridgehead atoms. The van der Waals surface area contributed by atoms with E-state index in [4.69, 9.17) is 15.0 Å². The number of nitrogens with zero attached hydrogens (tertiary/aromatic N) is 1. The Labute approximate surface area is 114 Å². The van der Waals surface area contributed by atoms with Crippen molar-refractivity contribution in [2.75, 3.05) is 19.1 Å². The molecule has 19 heavy (non-hydrogen) atoms. The summed E-state index contributed by atoms with van der Waals surface area (Å²) in [6, 6.07) is 11.8. The second kappa shape index (κ2) is 6.39. The standard InChI is InChI=1S/C14H17N2O2P/c1-19(2)18-13-8-12(9-16-14(13)15)17-10-11-6-4-3-5-7-11/h3-9H,10H2,1-2H3,(H2,15,16). The number of hydrogen-bond donors (Lipinski definition) is 1. The molecule has 2 N–H and O–H groups in total. The molecule has 0 aliphatic rings. The van der Waals surface area contributed by atoms with Gasteiger partial charge in [0.1, 0.15) is 12.4 Å². The van der Waals surface area contributed by atoms with Crippen molar-refractivity contribution in [3.63, 3.8) is 0 Å². The molecule has 2 aromatic rings. The maximum atomic E-state index is 5.76. The highest BCUT2D eigenvalue weighted by atomic mass is 31.1. The number of anilines is 1. The third kappa shape index (κ3) is 4.11. The van der Waals surface area contributed by atoms with Gasteiger partial charge in [0.2, 0.25) is 0 Å². The molecule has 5 heteroatoms. The molecule has 100 valence electrons. The Morgan fingerprint density at radius 1 is 1.21 bits per heavy atom. The molecular weight excluding hydrogens is 259 g/mol. The van der Waals surface area contributed by atoms with Gasteiger partial charge in [-0.1, -0.05) is 30.3 Å². The van der Waals surface area contributed by atoms with E-state index in [1.807, 2.05) is 43.7 Å². The van der Waals surface area contributed by atoms with E-state index in [2.05, 4.69) is 4.98 Å². The van der Waals surface area contributed by atoms with Crippen molar-refractivity contribution < 1.29 is 9.26 Å². The molecule has 0 amide bonds. The molecular formula is C14H17N2O2P. The lowest BCUT2D eigenvalue weighted by Gasteiger charge is -2.12. The Morgan fingerprint density at radius 3 is 2.63 bits per heavy atom. The summed E-state index contributed by atoms with van der Waals surface area (Å²) < 4.78 is 11.3. The summed E-state index contributed by atoms with van der Waals surface area (Å²) >= 11 is 0. The topological polar surface area (TPSA) is 57.4 Å². The molecule has 0 saturated heterocycles. The molecule has 0 aliphatic carbocycles. The van der Waals surface area contributed by atoms with Crippen LogP contribution in [0.5, 0.6) is 11.5 Å². The lowest BCUT2D eigenvalue weighted by molar-refractivity contribution is 0.304. The molecule has 0 fully saturated rings. The zero-order valence-electron chi connectivity index (χ0n) is 11.0. The molecule has 1 aromatic carbocycles. The van der Waals surface area contributed by atoms with Crippen molar-refractivity contribution in [2.45, 2.75) is 6.61 Å². The third-order valence-corrected chi connectivity index (χ3v) is 2.95. The van der Waals surface area contributed by atoms with Gasteiger partial charge in [0.25, 0.3) is 0 Å². The zero-order chi connectivity index (χ0) is 13.7. The van der Waals surface area contributed by atoms with Crippen LogP contribution in [-0.4, -0.2) is 18.3 Å². The minimum atomic E-state index is -0.534. The van der Waals surface area contributed by atoms with Crippen molar-refractivity contribution in [3.8, 4) is 11.5 Å². The molecule has 0 atom stereocenters. The van der Waals surface area contributed by atoms with Crippen LogP contribution >= 0.6 is 8.15 Å². The summed E-state index contributed by atoms with van der Waals surface area (Å²) in [5.74, 6) is 1.63. The van der Waals surface area contributed by atoms with Crippen molar-refractivity contribution in [1.82, 2.24) is 4.98 Å². The Kier molecular flexibility index (Phi) is 4.58. The molecule has 0 unspecified atom stereocenters. The summed E-state index contributed by atoms with van der Waals surface area (Å²) in [6.07, 6.45) is 1.61. The number of nitrogen functional groups attached to an aromatic ring is 1. The largest absolute Gasteiger partial charge is 0.487 e. The predicted molar refractivity (Wildman–Crippen MR) is 78.8 cm³/mol. The Bertz CT molecular complexity index is 532. The quantitative estimate of drug-likeness (QED) is 0.851. The summed E-state index contributed by atoms with van der Waals surface area (Å²) in [5.41, 5.74) is 6.87. The minimum Gasteiger partial charge on any atom is -0.487 e. The molecule has 0 spiro atoms. The number of benzene rings is 1. The van der Waals surface area contributed by atoms with Crippen molar-refractivity contribution >= 4 is 14.0 Å². The fraction of sp³-hybridized carbons (Fsp3) is 0.214. The van der Waals surface area contributed by atoms with Gasteiger partial charge in [0.05, 0.1) is 14.3 Å². The lowest BCUT2D eigenvalue weighted by Crippen LogP contribution is -1.99. The number of nitrogens with two attached hydrogens (primary N) is 1. The van der Waals surface area contributed by atoms with E-state index in [0.29, 0.717) is 23.9 Å². The summed E-state index contributed by atoms with van der Waals surface area (Å²) in [5, 5.41) is 0. The number of rotatable bonds is 5. The maximum Gasteiger partial charge on any atom is 0.168 e. The first kappa shape index (κ1) is 13.6. The lowest BCUT2D eigenvalue weighted by atomic mass is 10.2. The van der Waals surface area contributed by atoms with Crippen LogP contribution in [0.2, 0.25) is 0 Å². The number of pyridine rings is 1. The van der Waals surface area contributed by atoms with Crippen LogP contribution in [0, 0.1) is 0 Å². The highest BCUT2D eigenvalue weighted by Gasteiger charge is 2.07. The second-order valence-electron chi connectivity index (χ2n) is 4.23. The highest BCUT2D eigenvalue weighted by molar-refractivity contribution is 7.51. The molecule has 1 aromatic heterocycles. The van der Waals surface area contributed by atoms with Crippen molar-refractivity contribution in [3.05, 3.63) is 48.2 Å². The first-order valence-electron chi connectivity index (χ1n) is 5.92. The SMILES string of the molecule is CP(C)Oc1cc(OCc2ccccc2)cnc1N. The molecule has 0 saturated carbocycles. The Balaban J connectivity index is 2.04. The van der Waals surface area contributed by atoms with Gasteiger partial charge in [-0.3, -0.25) is 0 Å². The zero-order valence-corrected chi connectivity index (χ0v) is 11.9.